The molecular formula is C12H16FN5O5S. The van der Waals surface area contributed by atoms with Gasteiger partial charge in [-0.25, -0.2) is 22.3 Å². The highest BCUT2D eigenvalue weighted by Crippen LogP contribution is 2.44. The fourth-order valence-electron chi connectivity index (χ4n) is 2.64. The fraction of sp³-hybridized carbons (Fsp3) is 0.583. The zero-order chi connectivity index (χ0) is 17.9. The van der Waals surface area contributed by atoms with Gasteiger partial charge in [0.25, 0.3) is 5.16 Å². The summed E-state index contributed by atoms with van der Waals surface area (Å²) in [5.41, 5.74) is 3.51. The van der Waals surface area contributed by atoms with E-state index in [-0.39, 0.29) is 17.2 Å². The molecule has 0 amide bonds. The number of sulfone groups is 1. The van der Waals surface area contributed by atoms with Gasteiger partial charge in [0.1, 0.15) is 18.3 Å². The Balaban J connectivity index is 2.19. The Hall–Kier alpha value is -1.89. The van der Waals surface area contributed by atoms with Crippen LogP contribution in [0, 0.1) is 0 Å². The number of halogens is 1. The lowest BCUT2D eigenvalue weighted by atomic mass is 9.93. The maximum atomic E-state index is 14.9. The van der Waals surface area contributed by atoms with Gasteiger partial charge in [0.15, 0.2) is 17.1 Å². The topological polar surface area (TPSA) is 153 Å². The van der Waals surface area contributed by atoms with Crippen molar-refractivity contribution in [3.8, 4) is 0 Å². The second-order valence-electron chi connectivity index (χ2n) is 5.80. The number of anilines is 1. The number of aliphatic hydroxyl groups excluding tert-OH is 2. The van der Waals surface area contributed by atoms with Gasteiger partial charge >= 0.3 is 0 Å². The Morgan fingerprint density at radius 2 is 2.21 bits per heavy atom. The van der Waals surface area contributed by atoms with Crippen LogP contribution in [-0.4, -0.2) is 69.0 Å². The minimum Gasteiger partial charge on any atom is -0.394 e. The molecule has 0 saturated carbocycles. The minimum atomic E-state index is -3.76. The van der Waals surface area contributed by atoms with Gasteiger partial charge in [0.05, 0.1) is 18.5 Å². The summed E-state index contributed by atoms with van der Waals surface area (Å²) >= 11 is 0. The smallest absolute Gasteiger partial charge is 0.267 e. The second kappa shape index (κ2) is 5.31. The van der Waals surface area contributed by atoms with Gasteiger partial charge < -0.3 is 20.7 Å². The molecule has 3 rings (SSSR count). The molecule has 0 spiro atoms. The molecule has 2 aromatic heterocycles. The molecule has 0 aromatic carbocycles. The largest absolute Gasteiger partial charge is 0.394 e. The van der Waals surface area contributed by atoms with Crippen molar-refractivity contribution >= 4 is 21.3 Å². The maximum Gasteiger partial charge on any atom is 0.267 e. The van der Waals surface area contributed by atoms with E-state index in [2.05, 4.69) is 15.1 Å². The van der Waals surface area contributed by atoms with E-state index < -0.39 is 45.6 Å². The molecule has 4 atom stereocenters. The van der Waals surface area contributed by atoms with Gasteiger partial charge in [-0.05, 0) is 6.92 Å². The van der Waals surface area contributed by atoms with Gasteiger partial charge in [0, 0.05) is 6.26 Å². The number of fused-ring (bicyclic) bond motifs is 1. The fourth-order valence-corrected chi connectivity index (χ4v) is 3.13. The number of nitrogens with two attached hydrogens (primary N) is 1. The van der Waals surface area contributed by atoms with E-state index in [0.717, 1.165) is 17.7 Å². The highest BCUT2D eigenvalue weighted by Gasteiger charge is 2.55. The Bertz CT molecular complexity index is 899. The zero-order valence-electron chi connectivity index (χ0n) is 12.8. The lowest BCUT2D eigenvalue weighted by molar-refractivity contribution is -0.0249. The molecule has 1 saturated heterocycles. The number of rotatable bonds is 3. The SMILES string of the molecule is CC1(F)C(c2cnc3c(N)nc(S(C)(=O)=O)nn23)OC(CO)C1O. The number of hydrogen-bond donors (Lipinski definition) is 3. The molecule has 12 heteroatoms. The molecule has 0 bridgehead atoms. The molecular weight excluding hydrogens is 345 g/mol. The van der Waals surface area contributed by atoms with Crippen molar-refractivity contribution in [3.05, 3.63) is 11.9 Å². The molecule has 4 N–H and O–H groups in total. The Kier molecular flexibility index (Phi) is 3.75. The van der Waals surface area contributed by atoms with Crippen LogP contribution in [-0.2, 0) is 14.6 Å². The van der Waals surface area contributed by atoms with Gasteiger partial charge in [-0.2, -0.15) is 4.98 Å². The van der Waals surface area contributed by atoms with E-state index >= 15 is 0 Å². The number of alkyl halides is 1. The van der Waals surface area contributed by atoms with E-state index in [0.29, 0.717) is 0 Å². The lowest BCUT2D eigenvalue weighted by Gasteiger charge is -2.23. The molecule has 0 aliphatic carbocycles. The summed E-state index contributed by atoms with van der Waals surface area (Å²) in [6.07, 6.45) is -1.93. The van der Waals surface area contributed by atoms with Gasteiger partial charge in [-0.3, -0.25) is 0 Å². The minimum absolute atomic E-state index is 0.0266. The zero-order valence-corrected chi connectivity index (χ0v) is 13.6. The first-order chi connectivity index (χ1) is 11.1. The normalized spacial score (nSPS) is 31.0. The number of nitrogen functional groups attached to an aromatic ring is 1. The number of hydrogen-bond acceptors (Lipinski definition) is 9. The van der Waals surface area contributed by atoms with E-state index in [1.54, 1.807) is 0 Å². The molecule has 132 valence electrons. The molecule has 2 aromatic rings. The summed E-state index contributed by atoms with van der Waals surface area (Å²) in [7, 11) is -3.76. The molecule has 3 heterocycles. The third-order valence-corrected chi connectivity index (χ3v) is 4.77. The summed E-state index contributed by atoms with van der Waals surface area (Å²) in [5.74, 6) is -0.200. The molecule has 1 aliphatic heterocycles. The van der Waals surface area contributed by atoms with Crippen LogP contribution in [0.5, 0.6) is 0 Å². The average molecular weight is 361 g/mol. The van der Waals surface area contributed by atoms with Gasteiger partial charge in [-0.1, -0.05) is 0 Å². The van der Waals surface area contributed by atoms with Crippen molar-refractivity contribution in [2.24, 2.45) is 0 Å². The quantitative estimate of drug-likeness (QED) is 0.601. The summed E-state index contributed by atoms with van der Waals surface area (Å²) in [4.78, 5) is 7.62. The summed E-state index contributed by atoms with van der Waals surface area (Å²) in [5, 5.41) is 22.4. The summed E-state index contributed by atoms with van der Waals surface area (Å²) in [6.45, 7) is 0.527. The number of aliphatic hydroxyl groups is 2. The van der Waals surface area contributed by atoms with Crippen molar-refractivity contribution < 1.29 is 27.8 Å². The number of aromatic nitrogens is 4. The van der Waals surface area contributed by atoms with Crippen LogP contribution in [0.15, 0.2) is 11.4 Å². The summed E-state index contributed by atoms with van der Waals surface area (Å²) in [6, 6.07) is 0. The predicted octanol–water partition coefficient (Wildman–Crippen LogP) is -1.37. The van der Waals surface area contributed by atoms with E-state index in [1.807, 2.05) is 0 Å². The lowest BCUT2D eigenvalue weighted by Crippen LogP contribution is -2.39. The van der Waals surface area contributed by atoms with Crippen molar-refractivity contribution in [1.82, 2.24) is 19.6 Å². The number of imidazole rings is 1. The second-order valence-corrected chi connectivity index (χ2v) is 7.71. The van der Waals surface area contributed by atoms with Crippen LogP contribution in [0.25, 0.3) is 5.65 Å². The van der Waals surface area contributed by atoms with Crippen LogP contribution in [0.2, 0.25) is 0 Å². The molecule has 1 fully saturated rings. The maximum absolute atomic E-state index is 14.9. The van der Waals surface area contributed by atoms with E-state index in [1.165, 1.54) is 6.20 Å². The standard InChI is InChI=1S/C12H16FN5O5S/c1-12(13)7(20)6(4-19)23-8(12)5-3-15-10-9(14)16-11(17-18(5)10)24(2,21)22/h3,6-8,19-20H,4H2,1-2H3,(H2,14,16,17). The van der Waals surface area contributed by atoms with Crippen LogP contribution in [0.1, 0.15) is 18.7 Å². The molecule has 4 unspecified atom stereocenters. The van der Waals surface area contributed by atoms with Crippen LogP contribution >= 0.6 is 0 Å². The van der Waals surface area contributed by atoms with Crippen LogP contribution in [0.4, 0.5) is 10.2 Å². The van der Waals surface area contributed by atoms with E-state index in [4.69, 9.17) is 10.5 Å². The average Bonchev–Trinajstić information content (AvgIpc) is 2.99. The van der Waals surface area contributed by atoms with Crippen molar-refractivity contribution in [2.45, 2.75) is 36.1 Å². The van der Waals surface area contributed by atoms with Gasteiger partial charge in [0.2, 0.25) is 9.84 Å². The van der Waals surface area contributed by atoms with Crippen molar-refractivity contribution in [3.63, 3.8) is 0 Å². The van der Waals surface area contributed by atoms with Crippen molar-refractivity contribution in [1.29, 1.82) is 0 Å². The number of nitrogens with zero attached hydrogens (tertiary/aromatic N) is 4. The van der Waals surface area contributed by atoms with Crippen LogP contribution < -0.4 is 5.73 Å². The Morgan fingerprint density at radius 3 is 2.75 bits per heavy atom. The number of ether oxygens (including phenoxy) is 1. The predicted molar refractivity (Wildman–Crippen MR) is 78.5 cm³/mol. The summed E-state index contributed by atoms with van der Waals surface area (Å²) < 4.78 is 44.6. The van der Waals surface area contributed by atoms with Gasteiger partial charge in [-0.15, -0.1) is 5.10 Å². The molecule has 10 nitrogen and oxygen atoms in total. The first-order valence-electron chi connectivity index (χ1n) is 6.92. The molecule has 24 heavy (non-hydrogen) atoms. The van der Waals surface area contributed by atoms with Crippen LogP contribution in [0.3, 0.4) is 0 Å². The Labute approximate surface area is 136 Å². The highest BCUT2D eigenvalue weighted by molar-refractivity contribution is 7.90. The molecule has 1 aliphatic rings. The Morgan fingerprint density at radius 1 is 1.54 bits per heavy atom. The monoisotopic (exact) mass is 361 g/mol. The molecule has 0 radical (unpaired) electrons. The van der Waals surface area contributed by atoms with Crippen molar-refractivity contribution in [2.75, 3.05) is 18.6 Å². The first-order valence-corrected chi connectivity index (χ1v) is 8.81. The first kappa shape index (κ1) is 17.0. The third-order valence-electron chi connectivity index (χ3n) is 3.93. The van der Waals surface area contributed by atoms with E-state index in [9.17, 15) is 23.0 Å². The highest BCUT2D eigenvalue weighted by atomic mass is 32.2. The third kappa shape index (κ3) is 2.42.